The monoisotopic (exact) mass is 554 g/mol. The molecule has 6 nitrogen and oxygen atoms in total. The minimum absolute atomic E-state index is 0. The molecular formula is C25H39IN4O2. The number of ether oxygens (including phenoxy) is 1. The second kappa shape index (κ2) is 16.7. The molecule has 2 aromatic rings. The molecule has 0 bridgehead atoms. The zero-order valence-corrected chi connectivity index (χ0v) is 21.9. The quantitative estimate of drug-likeness (QED) is 0.200. The molecule has 1 atom stereocenters. The number of aliphatic hydroxyl groups is 1. The fraction of sp³-hybridized carbons (Fsp3) is 0.480. The lowest BCUT2D eigenvalue weighted by molar-refractivity contribution is 0.221. The van der Waals surface area contributed by atoms with Gasteiger partial charge < -0.3 is 25.4 Å². The van der Waals surface area contributed by atoms with Gasteiger partial charge in [0.05, 0.1) is 13.2 Å². The number of hydrogen-bond donors (Lipinski definition) is 3. The lowest BCUT2D eigenvalue weighted by atomic mass is 10.0. The summed E-state index contributed by atoms with van der Waals surface area (Å²) in [6.45, 7) is 12.0. The Balaban J connectivity index is 0.00000512. The molecule has 7 heteroatoms. The van der Waals surface area contributed by atoms with E-state index in [1.54, 1.807) is 0 Å². The Morgan fingerprint density at radius 2 is 1.69 bits per heavy atom. The number of para-hydroxylation sites is 1. The molecule has 0 heterocycles. The Kier molecular flexibility index (Phi) is 14.8. The number of nitrogens with zero attached hydrogens (tertiary/aromatic N) is 2. The largest absolute Gasteiger partial charge is 0.492 e. The Labute approximate surface area is 210 Å². The van der Waals surface area contributed by atoms with Crippen LogP contribution >= 0.6 is 24.0 Å². The Bertz CT molecular complexity index is 770. The van der Waals surface area contributed by atoms with Crippen LogP contribution in [0.4, 0.5) is 0 Å². The second-order valence-corrected chi connectivity index (χ2v) is 7.35. The number of aliphatic hydroxyl groups excluding tert-OH is 1. The summed E-state index contributed by atoms with van der Waals surface area (Å²) in [4.78, 5) is 7.09. The van der Waals surface area contributed by atoms with E-state index in [0.717, 1.165) is 49.0 Å². The van der Waals surface area contributed by atoms with Gasteiger partial charge in [-0.15, -0.1) is 24.0 Å². The molecule has 0 saturated carbocycles. The summed E-state index contributed by atoms with van der Waals surface area (Å²) in [5, 5.41) is 16.5. The highest BCUT2D eigenvalue weighted by atomic mass is 127. The van der Waals surface area contributed by atoms with Crippen LogP contribution in [0.1, 0.15) is 37.8 Å². The number of hydrogen-bond acceptors (Lipinski definition) is 4. The molecule has 0 amide bonds. The van der Waals surface area contributed by atoms with E-state index >= 15 is 0 Å². The third-order valence-electron chi connectivity index (χ3n) is 5.29. The maximum absolute atomic E-state index is 9.80. The highest BCUT2D eigenvalue weighted by molar-refractivity contribution is 14.0. The number of aliphatic imine (C=N–C) groups is 1. The molecule has 0 aliphatic carbocycles. The van der Waals surface area contributed by atoms with E-state index in [9.17, 15) is 5.11 Å². The van der Waals surface area contributed by atoms with Gasteiger partial charge in [-0.1, -0.05) is 62.4 Å². The van der Waals surface area contributed by atoms with Crippen molar-refractivity contribution in [2.45, 2.75) is 33.2 Å². The highest BCUT2D eigenvalue weighted by Crippen LogP contribution is 2.19. The fourth-order valence-electron chi connectivity index (χ4n) is 3.34. The minimum atomic E-state index is 0. The number of likely N-dealkylation sites (N-methyl/N-ethyl adjacent to an activating group) is 1. The highest BCUT2D eigenvalue weighted by Gasteiger charge is 2.11. The molecular weight excluding hydrogens is 515 g/mol. The summed E-state index contributed by atoms with van der Waals surface area (Å²) in [6.07, 6.45) is 0. The van der Waals surface area contributed by atoms with Crippen molar-refractivity contribution in [2.24, 2.45) is 4.99 Å². The van der Waals surface area contributed by atoms with E-state index in [2.05, 4.69) is 35.4 Å². The molecule has 2 rings (SSSR count). The normalized spacial score (nSPS) is 12.2. The summed E-state index contributed by atoms with van der Waals surface area (Å²) in [5.74, 6) is 1.63. The number of nitrogens with one attached hydrogen (secondary N) is 2. The van der Waals surface area contributed by atoms with Gasteiger partial charge in [0, 0.05) is 31.1 Å². The standard InChI is InChI=1S/C25H38N4O2.HI/c1-4-26-25(28-19-23(20-30)21-12-8-7-9-13-21)27-18-22-14-10-11-15-24(22)31-17-16-29(5-2)6-3;/h7-15,23,30H,4-6,16-20H2,1-3H3,(H2,26,27,28);1H. The SMILES string of the molecule is CCNC(=NCc1ccccc1OCCN(CC)CC)NCC(CO)c1ccccc1.I. The van der Waals surface area contributed by atoms with E-state index in [4.69, 9.17) is 9.73 Å². The first-order valence-electron chi connectivity index (χ1n) is 11.3. The van der Waals surface area contributed by atoms with Crippen LogP contribution in [0.3, 0.4) is 0 Å². The van der Waals surface area contributed by atoms with Gasteiger partial charge in [-0.05, 0) is 31.6 Å². The van der Waals surface area contributed by atoms with Gasteiger partial charge in [0.1, 0.15) is 12.4 Å². The molecule has 0 aliphatic heterocycles. The lowest BCUT2D eigenvalue weighted by Crippen LogP contribution is -2.39. The predicted octanol–water partition coefficient (Wildman–Crippen LogP) is 3.86. The third-order valence-corrected chi connectivity index (χ3v) is 5.29. The van der Waals surface area contributed by atoms with Crippen molar-refractivity contribution >= 4 is 29.9 Å². The fourth-order valence-corrected chi connectivity index (χ4v) is 3.34. The van der Waals surface area contributed by atoms with Gasteiger partial charge in [-0.25, -0.2) is 4.99 Å². The van der Waals surface area contributed by atoms with E-state index in [1.165, 1.54) is 0 Å². The average molecular weight is 555 g/mol. The van der Waals surface area contributed by atoms with E-state index in [1.807, 2.05) is 55.5 Å². The van der Waals surface area contributed by atoms with Crippen LogP contribution in [-0.4, -0.2) is 61.9 Å². The van der Waals surface area contributed by atoms with Crippen LogP contribution in [0.25, 0.3) is 0 Å². The molecule has 32 heavy (non-hydrogen) atoms. The van der Waals surface area contributed by atoms with Crippen LogP contribution < -0.4 is 15.4 Å². The van der Waals surface area contributed by atoms with Crippen LogP contribution in [0.5, 0.6) is 5.75 Å². The zero-order valence-electron chi connectivity index (χ0n) is 19.6. The van der Waals surface area contributed by atoms with Crippen LogP contribution in [0.15, 0.2) is 59.6 Å². The van der Waals surface area contributed by atoms with Crippen molar-refractivity contribution in [3.8, 4) is 5.75 Å². The molecule has 0 radical (unpaired) electrons. The molecule has 0 saturated heterocycles. The topological polar surface area (TPSA) is 69.1 Å². The molecule has 0 aromatic heterocycles. The van der Waals surface area contributed by atoms with Crippen LogP contribution in [0.2, 0.25) is 0 Å². The summed E-state index contributed by atoms with van der Waals surface area (Å²) in [7, 11) is 0. The maximum atomic E-state index is 9.80. The molecule has 0 aliphatic rings. The third kappa shape index (κ3) is 9.75. The van der Waals surface area contributed by atoms with Gasteiger partial charge in [-0.3, -0.25) is 0 Å². The Hall–Kier alpha value is -1.84. The van der Waals surface area contributed by atoms with E-state index < -0.39 is 0 Å². The zero-order chi connectivity index (χ0) is 22.3. The van der Waals surface area contributed by atoms with Gasteiger partial charge in [-0.2, -0.15) is 0 Å². The predicted molar refractivity (Wildman–Crippen MR) is 144 cm³/mol. The number of guanidine groups is 1. The van der Waals surface area contributed by atoms with Gasteiger partial charge >= 0.3 is 0 Å². The van der Waals surface area contributed by atoms with Crippen molar-refractivity contribution in [1.82, 2.24) is 15.5 Å². The molecule has 1 unspecified atom stereocenters. The second-order valence-electron chi connectivity index (χ2n) is 7.35. The summed E-state index contributed by atoms with van der Waals surface area (Å²) < 4.78 is 6.05. The Morgan fingerprint density at radius 1 is 1.00 bits per heavy atom. The average Bonchev–Trinajstić information content (AvgIpc) is 2.82. The van der Waals surface area contributed by atoms with Crippen molar-refractivity contribution < 1.29 is 9.84 Å². The summed E-state index contributed by atoms with van der Waals surface area (Å²) in [6, 6.07) is 18.1. The molecule has 0 spiro atoms. The van der Waals surface area contributed by atoms with Gasteiger partial charge in [0.2, 0.25) is 0 Å². The minimum Gasteiger partial charge on any atom is -0.492 e. The smallest absolute Gasteiger partial charge is 0.191 e. The maximum Gasteiger partial charge on any atom is 0.191 e. The van der Waals surface area contributed by atoms with Gasteiger partial charge in [0.25, 0.3) is 0 Å². The first-order chi connectivity index (χ1) is 15.2. The van der Waals surface area contributed by atoms with Crippen LogP contribution in [-0.2, 0) is 6.54 Å². The number of halogens is 1. The van der Waals surface area contributed by atoms with Crippen molar-refractivity contribution in [1.29, 1.82) is 0 Å². The lowest BCUT2D eigenvalue weighted by Gasteiger charge is -2.19. The van der Waals surface area contributed by atoms with Crippen LogP contribution in [0, 0.1) is 0 Å². The number of rotatable bonds is 13. The first-order valence-corrected chi connectivity index (χ1v) is 11.3. The summed E-state index contributed by atoms with van der Waals surface area (Å²) >= 11 is 0. The molecule has 178 valence electrons. The van der Waals surface area contributed by atoms with E-state index in [0.29, 0.717) is 19.7 Å². The first kappa shape index (κ1) is 28.2. The molecule has 2 aromatic carbocycles. The molecule has 3 N–H and O–H groups in total. The van der Waals surface area contributed by atoms with Gasteiger partial charge in [0.15, 0.2) is 5.96 Å². The van der Waals surface area contributed by atoms with Crippen molar-refractivity contribution in [2.75, 3.05) is 45.9 Å². The van der Waals surface area contributed by atoms with Crippen molar-refractivity contribution in [3.05, 3.63) is 65.7 Å². The number of benzene rings is 2. The van der Waals surface area contributed by atoms with E-state index in [-0.39, 0.29) is 36.5 Å². The Morgan fingerprint density at radius 3 is 2.34 bits per heavy atom. The summed E-state index contributed by atoms with van der Waals surface area (Å²) in [5.41, 5.74) is 2.17. The molecule has 0 fully saturated rings. The van der Waals surface area contributed by atoms with Crippen molar-refractivity contribution in [3.63, 3.8) is 0 Å².